The van der Waals surface area contributed by atoms with Gasteiger partial charge in [0.15, 0.2) is 0 Å². The first-order valence-corrected chi connectivity index (χ1v) is 12.1. The van der Waals surface area contributed by atoms with Gasteiger partial charge in [0.2, 0.25) is 5.95 Å². The Bertz CT molecular complexity index is 1310. The Hall–Kier alpha value is -3.95. The summed E-state index contributed by atoms with van der Waals surface area (Å²) in [6, 6.07) is 12.1. The Balaban J connectivity index is 1.22. The van der Waals surface area contributed by atoms with Gasteiger partial charge in [-0.1, -0.05) is 12.6 Å². The summed E-state index contributed by atoms with van der Waals surface area (Å²) in [5.74, 6) is 5.96. The highest BCUT2D eigenvalue weighted by atomic mass is 16.2. The molecule has 1 saturated heterocycles. The molecule has 0 unspecified atom stereocenters. The highest BCUT2D eigenvalue weighted by Gasteiger charge is 2.38. The summed E-state index contributed by atoms with van der Waals surface area (Å²) in [7, 11) is 0. The van der Waals surface area contributed by atoms with E-state index in [1.165, 1.54) is 11.1 Å². The van der Waals surface area contributed by atoms with Crippen molar-refractivity contribution in [3.8, 4) is 0 Å². The van der Waals surface area contributed by atoms with Gasteiger partial charge in [-0.2, -0.15) is 5.53 Å². The van der Waals surface area contributed by atoms with Crippen molar-refractivity contribution in [3.63, 3.8) is 0 Å². The number of carbonyl (C=O) groups excluding carboxylic acids is 1. The van der Waals surface area contributed by atoms with Crippen molar-refractivity contribution in [3.05, 3.63) is 82.7 Å². The molecule has 9 nitrogen and oxygen atoms in total. The topological polar surface area (TPSA) is 111 Å². The molecule has 2 aliphatic rings. The molecule has 1 amide bonds. The molecule has 5 N–H and O–H groups in total. The number of hydrogen-bond donors (Lipinski definition) is 4. The van der Waals surface area contributed by atoms with Gasteiger partial charge in [-0.3, -0.25) is 10.6 Å². The molecular formula is C27H32N8O. The van der Waals surface area contributed by atoms with Crippen LogP contribution in [0, 0.1) is 20.8 Å². The van der Waals surface area contributed by atoms with Crippen molar-refractivity contribution >= 4 is 28.9 Å². The van der Waals surface area contributed by atoms with Crippen LogP contribution >= 0.6 is 0 Å². The van der Waals surface area contributed by atoms with E-state index in [9.17, 15) is 4.79 Å². The summed E-state index contributed by atoms with van der Waals surface area (Å²) in [6.07, 6.45) is 2.67. The van der Waals surface area contributed by atoms with E-state index in [-0.39, 0.29) is 11.9 Å². The third kappa shape index (κ3) is 4.62. The largest absolute Gasteiger partial charge is 0.364 e. The summed E-state index contributed by atoms with van der Waals surface area (Å²) in [5, 5.41) is 3.33. The third-order valence-corrected chi connectivity index (χ3v) is 6.86. The first kappa shape index (κ1) is 23.8. The van der Waals surface area contributed by atoms with Crippen molar-refractivity contribution in [1.29, 1.82) is 0 Å². The van der Waals surface area contributed by atoms with Crippen LogP contribution in [0.5, 0.6) is 0 Å². The number of rotatable bonds is 6. The number of hydrazine groups is 2. The lowest BCUT2D eigenvalue weighted by molar-refractivity contribution is 0.0408. The van der Waals surface area contributed by atoms with Gasteiger partial charge in [-0.05, 0) is 67.8 Å². The number of hydrogen-bond acceptors (Lipinski definition) is 8. The zero-order chi connectivity index (χ0) is 25.4. The fourth-order valence-electron chi connectivity index (χ4n) is 5.02. The maximum Gasteiger partial charge on any atom is 0.254 e. The highest BCUT2D eigenvalue weighted by Crippen LogP contribution is 2.32. The molecule has 5 rings (SSSR count). The maximum absolute atomic E-state index is 13.0. The Morgan fingerprint density at radius 2 is 1.86 bits per heavy atom. The quantitative estimate of drug-likeness (QED) is 0.312. The normalized spacial score (nSPS) is 15.4. The lowest BCUT2D eigenvalue weighted by Crippen LogP contribution is -2.61. The van der Waals surface area contributed by atoms with E-state index in [1.807, 2.05) is 36.2 Å². The average Bonchev–Trinajstić information content (AvgIpc) is 2.80. The van der Waals surface area contributed by atoms with Crippen molar-refractivity contribution < 1.29 is 4.79 Å². The number of nitrogens with two attached hydrogens (primary N) is 1. The minimum absolute atomic E-state index is 0.0371. The second-order valence-corrected chi connectivity index (χ2v) is 9.61. The van der Waals surface area contributed by atoms with Gasteiger partial charge >= 0.3 is 0 Å². The maximum atomic E-state index is 13.0. The molecule has 9 heteroatoms. The minimum atomic E-state index is 0.0371. The molecule has 2 aromatic carbocycles. The van der Waals surface area contributed by atoms with Gasteiger partial charge in [0, 0.05) is 54.8 Å². The molecule has 36 heavy (non-hydrogen) atoms. The molecule has 1 fully saturated rings. The predicted octanol–water partition coefficient (Wildman–Crippen LogP) is 3.29. The fourth-order valence-corrected chi connectivity index (χ4v) is 5.02. The smallest absolute Gasteiger partial charge is 0.254 e. The minimum Gasteiger partial charge on any atom is -0.364 e. The SMILES string of the molecule is C=C1c2cnc(Nc3cc(C)cc(C)c3)nc2CCN1C1CN(C(=O)c2ccc(NNN)c(C)c2)C1. The van der Waals surface area contributed by atoms with Gasteiger partial charge in [0.25, 0.3) is 5.91 Å². The Kier molecular flexibility index (Phi) is 6.34. The van der Waals surface area contributed by atoms with Crippen LogP contribution in [0.4, 0.5) is 17.3 Å². The van der Waals surface area contributed by atoms with Gasteiger partial charge < -0.3 is 20.5 Å². The zero-order valence-electron chi connectivity index (χ0n) is 20.9. The van der Waals surface area contributed by atoms with Crippen LogP contribution in [0.2, 0.25) is 0 Å². The molecule has 0 saturated carbocycles. The number of aryl methyl sites for hydroxylation is 3. The van der Waals surface area contributed by atoms with Crippen LogP contribution in [-0.4, -0.2) is 51.4 Å². The number of aromatic nitrogens is 2. The van der Waals surface area contributed by atoms with Crippen molar-refractivity contribution in [1.82, 2.24) is 25.3 Å². The number of nitrogens with zero attached hydrogens (tertiary/aromatic N) is 4. The number of likely N-dealkylation sites (tertiary alicyclic amines) is 1. The summed E-state index contributed by atoms with van der Waals surface area (Å²) < 4.78 is 0. The molecule has 3 aromatic rings. The van der Waals surface area contributed by atoms with Crippen LogP contribution in [0.1, 0.15) is 38.3 Å². The predicted molar refractivity (Wildman–Crippen MR) is 142 cm³/mol. The van der Waals surface area contributed by atoms with E-state index in [0.29, 0.717) is 24.6 Å². The lowest BCUT2D eigenvalue weighted by atomic mass is 9.97. The van der Waals surface area contributed by atoms with Gasteiger partial charge in [-0.25, -0.2) is 9.97 Å². The van der Waals surface area contributed by atoms with E-state index in [0.717, 1.165) is 46.9 Å². The molecule has 1 aromatic heterocycles. The molecule has 3 heterocycles. The molecular weight excluding hydrogens is 452 g/mol. The second-order valence-electron chi connectivity index (χ2n) is 9.61. The van der Waals surface area contributed by atoms with Gasteiger partial charge in [0.1, 0.15) is 0 Å². The zero-order valence-corrected chi connectivity index (χ0v) is 20.9. The second kappa shape index (κ2) is 9.60. The van der Waals surface area contributed by atoms with Gasteiger partial charge in [0.05, 0.1) is 17.4 Å². The molecule has 0 aliphatic carbocycles. The molecule has 0 radical (unpaired) electrons. The first-order chi connectivity index (χ1) is 17.3. The van der Waals surface area contributed by atoms with Crippen LogP contribution in [-0.2, 0) is 6.42 Å². The summed E-state index contributed by atoms with van der Waals surface area (Å²) >= 11 is 0. The summed E-state index contributed by atoms with van der Waals surface area (Å²) in [4.78, 5) is 26.5. The number of fused-ring (bicyclic) bond motifs is 1. The van der Waals surface area contributed by atoms with E-state index in [1.54, 1.807) is 0 Å². The number of amides is 1. The Morgan fingerprint density at radius 1 is 1.11 bits per heavy atom. The Labute approximate surface area is 211 Å². The van der Waals surface area contributed by atoms with E-state index in [2.05, 4.69) is 64.8 Å². The van der Waals surface area contributed by atoms with Crippen LogP contribution in [0.25, 0.3) is 5.70 Å². The van der Waals surface area contributed by atoms with Crippen molar-refractivity contribution in [2.45, 2.75) is 33.2 Å². The van der Waals surface area contributed by atoms with Gasteiger partial charge in [-0.15, -0.1) is 0 Å². The molecule has 0 spiro atoms. The van der Waals surface area contributed by atoms with Crippen LogP contribution in [0.15, 0.2) is 49.2 Å². The van der Waals surface area contributed by atoms with E-state index < -0.39 is 0 Å². The molecule has 2 aliphatic heterocycles. The lowest BCUT2D eigenvalue weighted by Gasteiger charge is -2.48. The summed E-state index contributed by atoms with van der Waals surface area (Å²) in [6.45, 7) is 12.6. The highest BCUT2D eigenvalue weighted by molar-refractivity contribution is 5.95. The average molecular weight is 485 g/mol. The van der Waals surface area contributed by atoms with E-state index in [4.69, 9.17) is 10.8 Å². The number of carbonyl (C=O) groups is 1. The number of nitrogens with one attached hydrogen (secondary N) is 3. The first-order valence-electron chi connectivity index (χ1n) is 12.1. The summed E-state index contributed by atoms with van der Waals surface area (Å²) in [5.41, 5.74) is 14.0. The van der Waals surface area contributed by atoms with Crippen molar-refractivity contribution in [2.24, 2.45) is 5.84 Å². The molecule has 0 bridgehead atoms. The number of benzene rings is 2. The van der Waals surface area contributed by atoms with E-state index >= 15 is 0 Å². The molecule has 186 valence electrons. The monoisotopic (exact) mass is 484 g/mol. The fraction of sp³-hybridized carbons (Fsp3) is 0.296. The van der Waals surface area contributed by atoms with Crippen LogP contribution in [0.3, 0.4) is 0 Å². The number of anilines is 3. The van der Waals surface area contributed by atoms with Crippen LogP contribution < -0.4 is 22.1 Å². The third-order valence-electron chi connectivity index (χ3n) is 6.86. The Morgan fingerprint density at radius 3 is 2.56 bits per heavy atom. The molecule has 0 atom stereocenters. The van der Waals surface area contributed by atoms with Crippen molar-refractivity contribution in [2.75, 3.05) is 30.4 Å². The standard InChI is InChI=1S/C27H32N8O/c1-16-9-17(2)11-21(10-16)30-27-29-13-23-19(4)35(8-7-25(23)31-27)22-14-34(15-22)26(36)20-5-6-24(32-33-28)18(3)12-20/h5-6,9-13,22,32-33H,4,7-8,14-15,28H2,1-3H3,(H,29,30,31).